The Morgan fingerprint density at radius 1 is 1.08 bits per heavy atom. The quantitative estimate of drug-likeness (QED) is 0.905. The lowest BCUT2D eigenvalue weighted by molar-refractivity contribution is -0.115. The highest BCUT2D eigenvalue weighted by molar-refractivity contribution is 7.89. The maximum Gasteiger partial charge on any atom is 0.242 e. The number of nitrogens with one attached hydrogen (secondary N) is 1. The van der Waals surface area contributed by atoms with Gasteiger partial charge in [0.1, 0.15) is 0 Å². The molecule has 1 amide bonds. The smallest absolute Gasteiger partial charge is 0.242 e. The topological polar surface area (TPSA) is 66.5 Å². The van der Waals surface area contributed by atoms with Crippen LogP contribution < -0.4 is 5.32 Å². The van der Waals surface area contributed by atoms with Crippen LogP contribution >= 0.6 is 0 Å². The summed E-state index contributed by atoms with van der Waals surface area (Å²) in [5.74, 6) is -0.178. The average Bonchev–Trinajstić information content (AvgIpc) is 2.49. The van der Waals surface area contributed by atoms with E-state index in [2.05, 4.69) is 5.32 Å². The molecule has 0 saturated carbocycles. The fourth-order valence-electron chi connectivity index (χ4n) is 2.31. The molecule has 0 bridgehead atoms. The summed E-state index contributed by atoms with van der Waals surface area (Å²) in [5.41, 5.74) is 3.33. The minimum Gasteiger partial charge on any atom is -0.326 e. The molecule has 0 aliphatic rings. The van der Waals surface area contributed by atoms with Crippen molar-refractivity contribution >= 4 is 21.6 Å². The summed E-state index contributed by atoms with van der Waals surface area (Å²) in [6.07, 6.45) is 0.242. The second-order valence-corrected chi connectivity index (χ2v) is 8.13. The molecule has 0 atom stereocenters. The van der Waals surface area contributed by atoms with Crippen molar-refractivity contribution in [1.29, 1.82) is 0 Å². The molecule has 6 heteroatoms. The summed E-state index contributed by atoms with van der Waals surface area (Å²) in [7, 11) is -0.580. The van der Waals surface area contributed by atoms with Crippen molar-refractivity contribution in [2.75, 3.05) is 19.4 Å². The van der Waals surface area contributed by atoms with Gasteiger partial charge in [0.2, 0.25) is 15.9 Å². The zero-order valence-electron chi connectivity index (χ0n) is 14.3. The Balaban J connectivity index is 2.21. The highest BCUT2D eigenvalue weighted by atomic mass is 32.2. The van der Waals surface area contributed by atoms with Gasteiger partial charge in [-0.1, -0.05) is 35.9 Å². The maximum atomic E-state index is 12.3. The van der Waals surface area contributed by atoms with E-state index in [1.54, 1.807) is 12.1 Å². The van der Waals surface area contributed by atoms with Crippen LogP contribution in [0.5, 0.6) is 0 Å². The molecular formula is C18H22N2O3S. The third-order valence-electron chi connectivity index (χ3n) is 3.71. The van der Waals surface area contributed by atoms with Crippen molar-refractivity contribution in [2.24, 2.45) is 0 Å². The monoisotopic (exact) mass is 346 g/mol. The van der Waals surface area contributed by atoms with Gasteiger partial charge in [-0.25, -0.2) is 12.7 Å². The first-order valence-corrected chi connectivity index (χ1v) is 9.03. The van der Waals surface area contributed by atoms with Crippen LogP contribution in [0.2, 0.25) is 0 Å². The van der Waals surface area contributed by atoms with Crippen LogP contribution in [0, 0.1) is 13.8 Å². The van der Waals surface area contributed by atoms with Crippen LogP contribution in [0.15, 0.2) is 47.4 Å². The minimum absolute atomic E-state index is 0.156. The maximum absolute atomic E-state index is 12.3. The first-order chi connectivity index (χ1) is 11.2. The van der Waals surface area contributed by atoms with Crippen LogP contribution in [-0.2, 0) is 21.2 Å². The van der Waals surface area contributed by atoms with Gasteiger partial charge in [0.25, 0.3) is 0 Å². The normalized spacial score (nSPS) is 11.5. The molecule has 0 heterocycles. The van der Waals surface area contributed by atoms with E-state index < -0.39 is 10.0 Å². The number of amides is 1. The van der Waals surface area contributed by atoms with Crippen molar-refractivity contribution in [3.8, 4) is 0 Å². The van der Waals surface area contributed by atoms with E-state index in [-0.39, 0.29) is 17.2 Å². The summed E-state index contributed by atoms with van der Waals surface area (Å²) in [4.78, 5) is 12.4. The molecular weight excluding hydrogens is 324 g/mol. The number of carbonyl (C=O) groups is 1. The third-order valence-corrected chi connectivity index (χ3v) is 5.52. The summed E-state index contributed by atoms with van der Waals surface area (Å²) >= 11 is 0. The van der Waals surface area contributed by atoms with Crippen molar-refractivity contribution in [3.63, 3.8) is 0 Å². The van der Waals surface area contributed by atoms with E-state index in [9.17, 15) is 13.2 Å². The van der Waals surface area contributed by atoms with Gasteiger partial charge in [-0.05, 0) is 37.1 Å². The second-order valence-electron chi connectivity index (χ2n) is 5.98. The summed E-state index contributed by atoms with van der Waals surface area (Å²) < 4.78 is 25.6. The Kier molecular flexibility index (Phi) is 5.41. The molecule has 128 valence electrons. The van der Waals surface area contributed by atoms with Crippen LogP contribution in [0.25, 0.3) is 0 Å². The number of anilines is 1. The largest absolute Gasteiger partial charge is 0.326 e. The van der Waals surface area contributed by atoms with Crippen LogP contribution in [0.4, 0.5) is 5.69 Å². The predicted molar refractivity (Wildman–Crippen MR) is 95.6 cm³/mol. The van der Waals surface area contributed by atoms with Gasteiger partial charge in [-0.3, -0.25) is 4.79 Å². The molecule has 0 aromatic heterocycles. The number of rotatable bonds is 5. The Labute approximate surface area is 143 Å². The summed E-state index contributed by atoms with van der Waals surface area (Å²) in [6.45, 7) is 3.80. The fourth-order valence-corrected chi connectivity index (χ4v) is 3.24. The van der Waals surface area contributed by atoms with Gasteiger partial charge in [0.05, 0.1) is 11.3 Å². The number of sulfonamides is 1. The molecule has 1 N–H and O–H groups in total. The Bertz CT molecular complexity index is 858. The lowest BCUT2D eigenvalue weighted by Gasteiger charge is -2.14. The summed E-state index contributed by atoms with van der Waals surface area (Å²) in [6, 6.07) is 12.5. The third kappa shape index (κ3) is 4.21. The van der Waals surface area contributed by atoms with E-state index in [1.165, 1.54) is 20.2 Å². The summed E-state index contributed by atoms with van der Waals surface area (Å²) in [5, 5.41) is 2.81. The Hall–Kier alpha value is -2.18. The van der Waals surface area contributed by atoms with Gasteiger partial charge < -0.3 is 5.32 Å². The van der Waals surface area contributed by atoms with E-state index in [4.69, 9.17) is 0 Å². The highest BCUT2D eigenvalue weighted by Gasteiger charge is 2.18. The van der Waals surface area contributed by atoms with E-state index in [0.29, 0.717) is 5.69 Å². The fraction of sp³-hybridized carbons (Fsp3) is 0.278. The number of aryl methyl sites for hydroxylation is 2. The molecule has 5 nitrogen and oxygen atoms in total. The molecule has 0 aliphatic heterocycles. The first kappa shape index (κ1) is 18.2. The number of nitrogens with zero attached hydrogens (tertiary/aromatic N) is 1. The molecule has 2 rings (SSSR count). The molecule has 0 spiro atoms. The predicted octanol–water partition coefficient (Wildman–Crippen LogP) is 2.73. The Morgan fingerprint density at radius 3 is 2.42 bits per heavy atom. The van der Waals surface area contributed by atoms with Crippen molar-refractivity contribution in [3.05, 3.63) is 59.2 Å². The first-order valence-electron chi connectivity index (χ1n) is 7.59. The molecule has 0 aliphatic carbocycles. The SMILES string of the molecule is Cc1cccc(CC(=O)Nc2cc(S(=O)(=O)N(C)C)ccc2C)c1. The van der Waals surface area contributed by atoms with Gasteiger partial charge in [0, 0.05) is 19.8 Å². The van der Waals surface area contributed by atoms with Gasteiger partial charge in [-0.15, -0.1) is 0 Å². The van der Waals surface area contributed by atoms with E-state index in [0.717, 1.165) is 21.0 Å². The molecule has 24 heavy (non-hydrogen) atoms. The van der Waals surface area contributed by atoms with Crippen LogP contribution in [0.1, 0.15) is 16.7 Å². The zero-order valence-corrected chi connectivity index (χ0v) is 15.1. The number of benzene rings is 2. The molecule has 0 fully saturated rings. The lowest BCUT2D eigenvalue weighted by atomic mass is 10.1. The van der Waals surface area contributed by atoms with Crippen LogP contribution in [-0.4, -0.2) is 32.7 Å². The van der Waals surface area contributed by atoms with E-state index in [1.807, 2.05) is 38.1 Å². The molecule has 2 aromatic carbocycles. The number of hydrogen-bond acceptors (Lipinski definition) is 3. The van der Waals surface area contributed by atoms with Crippen molar-refractivity contribution < 1.29 is 13.2 Å². The molecule has 0 radical (unpaired) electrons. The number of hydrogen-bond donors (Lipinski definition) is 1. The zero-order chi connectivity index (χ0) is 17.9. The van der Waals surface area contributed by atoms with Crippen molar-refractivity contribution in [1.82, 2.24) is 4.31 Å². The molecule has 0 saturated heterocycles. The highest BCUT2D eigenvalue weighted by Crippen LogP contribution is 2.22. The van der Waals surface area contributed by atoms with Gasteiger partial charge in [-0.2, -0.15) is 0 Å². The van der Waals surface area contributed by atoms with E-state index >= 15 is 0 Å². The van der Waals surface area contributed by atoms with Gasteiger partial charge in [0.15, 0.2) is 0 Å². The Morgan fingerprint density at radius 2 is 1.79 bits per heavy atom. The van der Waals surface area contributed by atoms with Gasteiger partial charge >= 0.3 is 0 Å². The number of carbonyl (C=O) groups excluding carboxylic acids is 1. The van der Waals surface area contributed by atoms with Crippen molar-refractivity contribution in [2.45, 2.75) is 25.2 Å². The molecule has 2 aromatic rings. The van der Waals surface area contributed by atoms with Crippen LogP contribution in [0.3, 0.4) is 0 Å². The standard InChI is InChI=1S/C18H22N2O3S/c1-13-6-5-7-15(10-13)11-18(21)19-17-12-16(9-8-14(17)2)24(22,23)20(3)4/h5-10,12H,11H2,1-4H3,(H,19,21). The second kappa shape index (κ2) is 7.15. The minimum atomic E-state index is -3.53. The molecule has 0 unspecified atom stereocenters. The average molecular weight is 346 g/mol. The lowest BCUT2D eigenvalue weighted by Crippen LogP contribution is -2.22.